The zero-order valence-electron chi connectivity index (χ0n) is 37.0. The van der Waals surface area contributed by atoms with Crippen LogP contribution in [0, 0.1) is 11.3 Å². The van der Waals surface area contributed by atoms with Crippen LogP contribution in [0.25, 0.3) is 4.91 Å². The van der Waals surface area contributed by atoms with E-state index in [-0.39, 0.29) is 11.0 Å². The van der Waals surface area contributed by atoms with E-state index in [1.165, 1.54) is 25.9 Å². The molecular formula is C45H71N5O5S2. The Morgan fingerprint density at radius 1 is 1.18 bits per heavy atom. The molecule has 1 aromatic carbocycles. The van der Waals surface area contributed by atoms with E-state index >= 15 is 0 Å². The van der Waals surface area contributed by atoms with Crippen LogP contribution in [0.4, 0.5) is 5.00 Å². The number of hydrogen-bond acceptors (Lipinski definition) is 12. The Bertz CT molecular complexity index is 1580. The predicted molar refractivity (Wildman–Crippen MR) is 248 cm³/mol. The first-order chi connectivity index (χ1) is 27.0. The number of thiophene rings is 1. The first-order valence-corrected chi connectivity index (χ1v) is 20.6. The van der Waals surface area contributed by atoms with Crippen molar-refractivity contribution >= 4 is 52.5 Å². The molecule has 1 aliphatic rings. The number of hydrogen-bond donors (Lipinski definition) is 2. The molecule has 0 unspecified atom stereocenters. The Balaban J connectivity index is -0.000000784. The number of carbonyl (C=O) groups excluding carboxylic acids is 2. The third kappa shape index (κ3) is 27.0. The molecule has 1 heterocycles. The van der Waals surface area contributed by atoms with E-state index < -0.39 is 0 Å². The fraction of sp³-hybridized carbons (Fsp3) is 0.467. The van der Waals surface area contributed by atoms with Gasteiger partial charge in [-0.05, 0) is 83.5 Å². The highest BCUT2D eigenvalue weighted by Gasteiger charge is 2.33. The third-order valence-corrected chi connectivity index (χ3v) is 9.37. The molecule has 57 heavy (non-hydrogen) atoms. The van der Waals surface area contributed by atoms with Crippen LogP contribution < -0.4 is 16.0 Å². The summed E-state index contributed by atoms with van der Waals surface area (Å²) < 4.78 is 15.2. The van der Waals surface area contributed by atoms with Crippen molar-refractivity contribution in [2.75, 3.05) is 45.0 Å². The van der Waals surface area contributed by atoms with Gasteiger partial charge in [0.25, 0.3) is 6.47 Å². The summed E-state index contributed by atoms with van der Waals surface area (Å²) in [4.78, 5) is 26.6. The number of rotatable bonds is 16. The molecule has 0 spiro atoms. The number of nitrogens with zero attached hydrogens (tertiary/aromatic N) is 3. The van der Waals surface area contributed by atoms with Gasteiger partial charge in [-0.2, -0.15) is 5.26 Å². The second kappa shape index (κ2) is 33.7. The Morgan fingerprint density at radius 3 is 2.21 bits per heavy atom. The molecule has 318 valence electrons. The molecule has 0 saturated carbocycles. The van der Waals surface area contributed by atoms with Gasteiger partial charge in [-0.3, -0.25) is 4.79 Å². The number of aliphatic imine (C=N–C) groups is 1. The van der Waals surface area contributed by atoms with E-state index in [4.69, 9.17) is 25.3 Å². The number of carbonyl (C=O) groups is 2. The number of anilines is 1. The highest BCUT2D eigenvalue weighted by molar-refractivity contribution is 8.08. The Morgan fingerprint density at radius 2 is 1.75 bits per heavy atom. The molecule has 0 radical (unpaired) electrons. The van der Waals surface area contributed by atoms with Crippen molar-refractivity contribution in [3.63, 3.8) is 0 Å². The SMILES string of the molecule is C=C(/N=C\C=C(/C)N)OCc1ccc(CNC)cc1.C=CC.C=O.CC.CC(C)(C)OC=O.CC/C(C#N)=C\CSC1=CC(C)(C)c2cc(N(C)CCOC)sc21. The lowest BCUT2D eigenvalue weighted by molar-refractivity contribution is -0.138. The summed E-state index contributed by atoms with van der Waals surface area (Å²) in [6.07, 6.45) is 10.2. The van der Waals surface area contributed by atoms with Gasteiger partial charge < -0.3 is 35.0 Å². The van der Waals surface area contributed by atoms with Crippen molar-refractivity contribution in [2.24, 2.45) is 10.7 Å². The highest BCUT2D eigenvalue weighted by Crippen LogP contribution is 2.51. The van der Waals surface area contributed by atoms with E-state index in [1.807, 2.05) is 97.5 Å². The van der Waals surface area contributed by atoms with Gasteiger partial charge in [-0.25, -0.2) is 4.99 Å². The van der Waals surface area contributed by atoms with Crippen LogP contribution in [0.5, 0.6) is 0 Å². The fourth-order valence-corrected chi connectivity index (χ4v) is 6.80. The van der Waals surface area contributed by atoms with Crippen molar-refractivity contribution < 1.29 is 23.8 Å². The van der Waals surface area contributed by atoms with Crippen LogP contribution in [0.15, 0.2) is 89.9 Å². The van der Waals surface area contributed by atoms with E-state index in [0.29, 0.717) is 24.7 Å². The first-order valence-electron chi connectivity index (χ1n) is 18.8. The van der Waals surface area contributed by atoms with E-state index in [1.54, 1.807) is 32.4 Å². The Labute approximate surface area is 353 Å². The molecule has 3 rings (SSSR count). The number of allylic oxidation sites excluding steroid dienone is 5. The molecule has 0 saturated heterocycles. The minimum atomic E-state index is -0.318. The minimum absolute atomic E-state index is 0.0705. The largest absolute Gasteiger partial charge is 0.473 e. The summed E-state index contributed by atoms with van der Waals surface area (Å²) in [5.41, 5.74) is 10.5. The molecule has 0 fully saturated rings. The third-order valence-electron chi connectivity index (χ3n) is 7.00. The molecule has 10 nitrogen and oxygen atoms in total. The van der Waals surface area contributed by atoms with Gasteiger partial charge in [0.15, 0.2) is 0 Å². The van der Waals surface area contributed by atoms with Crippen LogP contribution in [0.2, 0.25) is 0 Å². The minimum Gasteiger partial charge on any atom is -0.473 e. The summed E-state index contributed by atoms with van der Waals surface area (Å²) >= 11 is 3.69. The van der Waals surface area contributed by atoms with Crippen LogP contribution in [-0.2, 0) is 42.4 Å². The van der Waals surface area contributed by atoms with Crippen LogP contribution >= 0.6 is 23.1 Å². The van der Waals surface area contributed by atoms with Crippen molar-refractivity contribution in [3.8, 4) is 6.07 Å². The summed E-state index contributed by atoms with van der Waals surface area (Å²) in [7, 11) is 5.78. The number of nitriles is 1. The quantitative estimate of drug-likeness (QED) is 0.0553. The number of thioether (sulfide) groups is 1. The standard InChI is InChI=1S/C19H26N2OS2.C15H21N3O.C5H10O2.C3H6.C2H6.CH2O/c1-6-14(13-20)7-10-23-16-12-19(2,3)15-11-17(24-18(15)16)21(4)8-9-22-5;1-12(16)8-9-18-13(2)19-11-15-6-4-14(5-7-15)10-17-3;1-5(2,3)7-4-6;1-3-2;2*1-2/h7,11-12H,6,8-10H2,1-5H3;4-9,17H,2,10-11,16H2,1,3H3;4H,1-3H3;3H,1H2,2H3;1-2H3;1H2/b14-7+;12-8+,18-9-;;;;. The lowest BCUT2D eigenvalue weighted by atomic mass is 9.89. The number of ether oxygens (including phenoxy) is 3. The normalized spacial score (nSPS) is 12.3. The summed E-state index contributed by atoms with van der Waals surface area (Å²) in [5, 5.41) is 13.4. The van der Waals surface area contributed by atoms with Gasteiger partial charge in [0.2, 0.25) is 5.88 Å². The average molecular weight is 826 g/mol. The number of benzene rings is 1. The lowest BCUT2D eigenvalue weighted by Gasteiger charge is -2.18. The van der Waals surface area contributed by atoms with Crippen molar-refractivity contribution in [2.45, 2.75) is 99.8 Å². The molecule has 0 aliphatic heterocycles. The highest BCUT2D eigenvalue weighted by atomic mass is 32.2. The molecule has 12 heteroatoms. The Hall–Kier alpha value is -4.41. The maximum Gasteiger partial charge on any atom is 0.293 e. The molecule has 0 atom stereocenters. The summed E-state index contributed by atoms with van der Waals surface area (Å²) in [6.45, 7) is 32.2. The van der Waals surface area contributed by atoms with E-state index in [2.05, 4.69) is 90.4 Å². The maximum atomic E-state index is 9.60. The summed E-state index contributed by atoms with van der Waals surface area (Å²) in [6, 6.07) is 12.8. The maximum absolute atomic E-state index is 9.60. The van der Waals surface area contributed by atoms with Crippen molar-refractivity contribution in [1.82, 2.24) is 5.32 Å². The van der Waals surface area contributed by atoms with E-state index in [0.717, 1.165) is 43.0 Å². The predicted octanol–water partition coefficient (Wildman–Crippen LogP) is 10.4. The first kappa shape index (κ1) is 56.9. The van der Waals surface area contributed by atoms with Gasteiger partial charge in [-0.15, -0.1) is 29.7 Å². The Kier molecular flexibility index (Phi) is 33.7. The zero-order chi connectivity index (χ0) is 44.5. The van der Waals surface area contributed by atoms with Gasteiger partial charge in [0.1, 0.15) is 19.0 Å². The lowest BCUT2D eigenvalue weighted by Crippen LogP contribution is -2.21. The van der Waals surface area contributed by atoms with Crippen LogP contribution in [-0.4, -0.2) is 65.2 Å². The smallest absolute Gasteiger partial charge is 0.293 e. The zero-order valence-corrected chi connectivity index (χ0v) is 38.6. The molecule has 0 bridgehead atoms. The molecule has 2 aromatic rings. The van der Waals surface area contributed by atoms with Gasteiger partial charge in [-0.1, -0.05) is 77.1 Å². The molecule has 1 aromatic heterocycles. The molecule has 3 N–H and O–H groups in total. The monoisotopic (exact) mass is 825 g/mol. The fourth-order valence-electron chi connectivity index (χ4n) is 4.19. The van der Waals surface area contributed by atoms with Crippen LogP contribution in [0.3, 0.4) is 0 Å². The second-order valence-corrected chi connectivity index (χ2v) is 15.5. The summed E-state index contributed by atoms with van der Waals surface area (Å²) in [5.74, 6) is 1.22. The van der Waals surface area contributed by atoms with Gasteiger partial charge in [0, 0.05) is 65.7 Å². The van der Waals surface area contributed by atoms with Crippen molar-refractivity contribution in [3.05, 3.63) is 107 Å². The average Bonchev–Trinajstić information content (AvgIpc) is 3.73. The van der Waals surface area contributed by atoms with Gasteiger partial charge >= 0.3 is 0 Å². The molecular weight excluding hydrogens is 755 g/mol. The van der Waals surface area contributed by atoms with Crippen LogP contribution in [0.1, 0.15) is 97.2 Å². The van der Waals surface area contributed by atoms with E-state index in [9.17, 15) is 4.79 Å². The van der Waals surface area contributed by atoms with Gasteiger partial charge in [0.05, 0.1) is 17.7 Å². The topological polar surface area (TPSA) is 139 Å². The number of nitrogens with two attached hydrogens (primary N) is 1. The number of nitrogens with one attached hydrogen (secondary N) is 1. The number of fused-ring (bicyclic) bond motifs is 1. The second-order valence-electron chi connectivity index (χ2n) is 13.4. The molecule has 0 amide bonds. The molecule has 1 aliphatic carbocycles. The number of methoxy groups -OCH3 is 1. The van der Waals surface area contributed by atoms with Crippen molar-refractivity contribution in [1.29, 1.82) is 5.26 Å². The number of likely N-dealkylation sites (N-methyl/N-ethyl adjacent to an activating group) is 1.